The number of esters is 1. The summed E-state index contributed by atoms with van der Waals surface area (Å²) in [4.78, 5) is 40.3. The molecule has 2 aromatic rings. The lowest BCUT2D eigenvalue weighted by Gasteiger charge is -2.42. The zero-order valence-electron chi connectivity index (χ0n) is 24.2. The van der Waals surface area contributed by atoms with Crippen molar-refractivity contribution < 1.29 is 19.1 Å². The second kappa shape index (κ2) is 13.1. The summed E-state index contributed by atoms with van der Waals surface area (Å²) in [7, 11) is 0. The van der Waals surface area contributed by atoms with Crippen LogP contribution in [0.25, 0.3) is 0 Å². The number of hydrogen-bond donors (Lipinski definition) is 3. The Bertz CT molecular complexity index is 1170. The van der Waals surface area contributed by atoms with Crippen molar-refractivity contribution in [1.82, 2.24) is 10.6 Å². The number of rotatable bonds is 12. The van der Waals surface area contributed by atoms with E-state index in [1.807, 2.05) is 30.3 Å². The number of carbonyl (C=O) groups excluding carboxylic acids is 3. The molecule has 4 N–H and O–H groups in total. The van der Waals surface area contributed by atoms with Gasteiger partial charge in [-0.15, -0.1) is 0 Å². The summed E-state index contributed by atoms with van der Waals surface area (Å²) in [5.41, 5.74) is 8.30. The van der Waals surface area contributed by atoms with Crippen LogP contribution in [0.15, 0.2) is 54.6 Å². The van der Waals surface area contributed by atoms with Crippen LogP contribution in [-0.4, -0.2) is 48.9 Å². The van der Waals surface area contributed by atoms with E-state index in [9.17, 15) is 14.4 Å². The Morgan fingerprint density at radius 3 is 2.42 bits per heavy atom. The minimum Gasteiger partial charge on any atom is -0.466 e. The minimum absolute atomic E-state index is 0.0534. The third-order valence-corrected chi connectivity index (χ3v) is 8.70. The van der Waals surface area contributed by atoms with E-state index in [0.717, 1.165) is 44.3 Å². The van der Waals surface area contributed by atoms with Crippen molar-refractivity contribution in [3.05, 3.63) is 71.3 Å². The van der Waals surface area contributed by atoms with Crippen molar-refractivity contribution in [2.45, 2.75) is 88.6 Å². The third kappa shape index (κ3) is 6.64. The van der Waals surface area contributed by atoms with E-state index in [2.05, 4.69) is 34.9 Å². The second-order valence-corrected chi connectivity index (χ2v) is 11.9. The standard InChI is InChI=1S/C33H45N3O4/c1-4-40-28(37)18-17-25-24-14-8-9-15-26(24)33(19-21-35-22-20-33)29(25)30(38)27(36-31(39)32(2,3)34)16-10-13-23-11-6-5-7-12-23/h5-9,11-12,14-15,25,27,29,35H,4,10,13,16-22,34H2,1-3H3,(H,36,39)/t25?,27-,29?/m1/s1. The number of Topliss-reactive ketones (excluding diaryl/α,β-unsaturated/α-hetero) is 1. The third-order valence-electron chi connectivity index (χ3n) is 8.70. The summed E-state index contributed by atoms with van der Waals surface area (Å²) >= 11 is 0. The largest absolute Gasteiger partial charge is 0.466 e. The average Bonchev–Trinajstić information content (AvgIpc) is 3.20. The van der Waals surface area contributed by atoms with E-state index in [1.54, 1.807) is 20.8 Å². The van der Waals surface area contributed by atoms with Crippen molar-refractivity contribution in [3.63, 3.8) is 0 Å². The molecule has 0 bridgehead atoms. The highest BCUT2D eigenvalue weighted by Gasteiger charge is 2.56. The summed E-state index contributed by atoms with van der Waals surface area (Å²) in [5.74, 6) is -0.980. The number of amides is 1. The van der Waals surface area contributed by atoms with Gasteiger partial charge in [0.2, 0.25) is 5.91 Å². The Balaban J connectivity index is 1.68. The van der Waals surface area contributed by atoms with Crippen LogP contribution in [0.5, 0.6) is 0 Å². The van der Waals surface area contributed by atoms with Crippen LogP contribution >= 0.6 is 0 Å². The lowest BCUT2D eigenvalue weighted by molar-refractivity contribution is -0.143. The average molecular weight is 548 g/mol. The van der Waals surface area contributed by atoms with Gasteiger partial charge >= 0.3 is 5.97 Å². The molecule has 1 aliphatic heterocycles. The molecule has 3 atom stereocenters. The highest BCUT2D eigenvalue weighted by atomic mass is 16.5. The van der Waals surface area contributed by atoms with Crippen LogP contribution in [0, 0.1) is 5.92 Å². The summed E-state index contributed by atoms with van der Waals surface area (Å²) in [6.45, 7) is 7.11. The number of nitrogens with one attached hydrogen (secondary N) is 2. The predicted octanol–water partition coefficient (Wildman–Crippen LogP) is 4.18. The number of benzene rings is 2. The van der Waals surface area contributed by atoms with Crippen LogP contribution in [0.3, 0.4) is 0 Å². The van der Waals surface area contributed by atoms with E-state index in [-0.39, 0.29) is 41.3 Å². The van der Waals surface area contributed by atoms with Crippen LogP contribution in [0.1, 0.15) is 81.9 Å². The number of ketones is 1. The molecule has 1 heterocycles. The SMILES string of the molecule is CCOC(=O)CCC1c2ccccc2C2(CCNCC2)C1C(=O)[C@@H](CCCc1ccccc1)NC(=O)C(C)(C)N. The van der Waals surface area contributed by atoms with E-state index >= 15 is 0 Å². The molecular formula is C33H45N3O4. The number of ether oxygens (including phenoxy) is 1. The highest BCUT2D eigenvalue weighted by molar-refractivity contribution is 5.95. The Morgan fingerprint density at radius 2 is 1.75 bits per heavy atom. The number of carbonyl (C=O) groups is 3. The number of fused-ring (bicyclic) bond motifs is 2. The van der Waals surface area contributed by atoms with Crippen molar-refractivity contribution in [3.8, 4) is 0 Å². The zero-order chi connectivity index (χ0) is 28.8. The maximum Gasteiger partial charge on any atom is 0.305 e. The molecule has 1 fully saturated rings. The fourth-order valence-corrected chi connectivity index (χ4v) is 6.76. The molecular weight excluding hydrogens is 502 g/mol. The summed E-state index contributed by atoms with van der Waals surface area (Å²) < 4.78 is 5.25. The number of aryl methyl sites for hydroxylation is 1. The van der Waals surface area contributed by atoms with Gasteiger partial charge in [0.1, 0.15) is 0 Å². The molecule has 1 spiro atoms. The van der Waals surface area contributed by atoms with E-state index in [0.29, 0.717) is 19.4 Å². The number of hydrogen-bond acceptors (Lipinski definition) is 6. The molecule has 0 saturated carbocycles. The topological polar surface area (TPSA) is 111 Å². The van der Waals surface area contributed by atoms with Gasteiger partial charge in [-0.25, -0.2) is 0 Å². The van der Waals surface area contributed by atoms with Crippen LogP contribution < -0.4 is 16.4 Å². The van der Waals surface area contributed by atoms with E-state index in [1.165, 1.54) is 11.1 Å². The molecule has 0 radical (unpaired) electrons. The predicted molar refractivity (Wildman–Crippen MR) is 157 cm³/mol. The van der Waals surface area contributed by atoms with Gasteiger partial charge in [0.05, 0.1) is 18.2 Å². The fourth-order valence-electron chi connectivity index (χ4n) is 6.76. The van der Waals surface area contributed by atoms with Gasteiger partial charge in [0.25, 0.3) is 0 Å². The molecule has 1 aliphatic carbocycles. The molecule has 40 heavy (non-hydrogen) atoms. The van der Waals surface area contributed by atoms with E-state index < -0.39 is 11.6 Å². The lowest BCUT2D eigenvalue weighted by Crippen LogP contribution is -2.57. The van der Waals surface area contributed by atoms with Gasteiger partial charge in [-0.1, -0.05) is 54.6 Å². The van der Waals surface area contributed by atoms with Gasteiger partial charge in [-0.2, -0.15) is 0 Å². The molecule has 7 heteroatoms. The highest BCUT2D eigenvalue weighted by Crippen LogP contribution is 2.57. The molecule has 4 rings (SSSR count). The van der Waals surface area contributed by atoms with Crippen LogP contribution in [0.4, 0.5) is 0 Å². The maximum absolute atomic E-state index is 14.8. The Kier molecular flexibility index (Phi) is 9.80. The second-order valence-electron chi connectivity index (χ2n) is 11.9. The lowest BCUT2D eigenvalue weighted by atomic mass is 9.63. The van der Waals surface area contributed by atoms with Gasteiger partial charge in [-0.05, 0) is 95.0 Å². The van der Waals surface area contributed by atoms with Crippen molar-refractivity contribution >= 4 is 17.7 Å². The molecule has 216 valence electrons. The van der Waals surface area contributed by atoms with Crippen LogP contribution in [-0.2, 0) is 31.0 Å². The molecule has 0 aromatic heterocycles. The van der Waals surface area contributed by atoms with E-state index in [4.69, 9.17) is 10.5 Å². The zero-order valence-corrected chi connectivity index (χ0v) is 24.2. The first-order valence-corrected chi connectivity index (χ1v) is 14.8. The number of piperidine rings is 1. The molecule has 7 nitrogen and oxygen atoms in total. The molecule has 2 unspecified atom stereocenters. The first-order chi connectivity index (χ1) is 19.2. The summed E-state index contributed by atoms with van der Waals surface area (Å²) in [5, 5.41) is 6.52. The van der Waals surface area contributed by atoms with Gasteiger partial charge in [-0.3, -0.25) is 14.4 Å². The molecule has 1 saturated heterocycles. The maximum atomic E-state index is 14.8. The summed E-state index contributed by atoms with van der Waals surface area (Å²) in [6, 6.07) is 17.9. The normalized spacial score (nSPS) is 20.5. The van der Waals surface area contributed by atoms with Crippen LogP contribution in [0.2, 0.25) is 0 Å². The first-order valence-electron chi connectivity index (χ1n) is 14.8. The van der Waals surface area contributed by atoms with Gasteiger partial charge < -0.3 is 21.1 Å². The monoisotopic (exact) mass is 547 g/mol. The summed E-state index contributed by atoms with van der Waals surface area (Å²) in [6.07, 6.45) is 4.57. The Labute approximate surface area is 238 Å². The Morgan fingerprint density at radius 1 is 1.07 bits per heavy atom. The van der Waals surface area contributed by atoms with Gasteiger partial charge in [0.15, 0.2) is 5.78 Å². The smallest absolute Gasteiger partial charge is 0.305 e. The van der Waals surface area contributed by atoms with Crippen molar-refractivity contribution in [2.24, 2.45) is 11.7 Å². The van der Waals surface area contributed by atoms with Crippen molar-refractivity contribution in [1.29, 1.82) is 0 Å². The fraction of sp³-hybridized carbons (Fsp3) is 0.545. The quantitative estimate of drug-likeness (QED) is 0.344. The minimum atomic E-state index is -1.10. The molecule has 2 aromatic carbocycles. The molecule has 2 aliphatic rings. The van der Waals surface area contributed by atoms with Gasteiger partial charge in [0, 0.05) is 17.8 Å². The molecule has 1 amide bonds. The Hall–Kier alpha value is -3.03. The number of nitrogens with two attached hydrogens (primary N) is 1. The first kappa shape index (κ1) is 29.9. The van der Waals surface area contributed by atoms with Crippen molar-refractivity contribution in [2.75, 3.05) is 19.7 Å².